The number of carbonyl (C=O) groups is 4. The number of rotatable bonds is 11. The molecule has 0 bridgehead atoms. The molecule has 4 aromatic rings. The molecular formula is C57H76O5. The Hall–Kier alpha value is -4.90. The topological polar surface area (TPSA) is 77.5 Å². The summed E-state index contributed by atoms with van der Waals surface area (Å²) < 4.78 is 5.72. The second-order valence-electron chi connectivity index (χ2n) is 19.2. The lowest BCUT2D eigenvalue weighted by atomic mass is 9.64. The first-order chi connectivity index (χ1) is 28.8. The summed E-state index contributed by atoms with van der Waals surface area (Å²) in [6, 6.07) is 19.2. The van der Waals surface area contributed by atoms with E-state index in [0.29, 0.717) is 24.7 Å². The van der Waals surface area contributed by atoms with Crippen molar-refractivity contribution in [2.75, 3.05) is 0 Å². The van der Waals surface area contributed by atoms with Crippen LogP contribution in [0.15, 0.2) is 60.7 Å². The van der Waals surface area contributed by atoms with Crippen molar-refractivity contribution in [2.24, 2.45) is 23.2 Å². The maximum atomic E-state index is 12.3. The Balaban J connectivity index is 0.000000263. The first-order valence-corrected chi connectivity index (χ1v) is 22.5. The Kier molecular flexibility index (Phi) is 18.6. The fourth-order valence-corrected chi connectivity index (χ4v) is 8.65. The van der Waals surface area contributed by atoms with Crippen molar-refractivity contribution in [3.05, 3.63) is 144 Å². The minimum absolute atomic E-state index is 0.140. The molecule has 1 aliphatic carbocycles. The van der Waals surface area contributed by atoms with Gasteiger partial charge in [-0.2, -0.15) is 0 Å². The van der Waals surface area contributed by atoms with E-state index in [1.54, 1.807) is 26.8 Å². The number of esters is 1. The van der Waals surface area contributed by atoms with Crippen molar-refractivity contribution in [1.82, 2.24) is 0 Å². The monoisotopic (exact) mass is 841 g/mol. The van der Waals surface area contributed by atoms with E-state index >= 15 is 0 Å². The van der Waals surface area contributed by atoms with Crippen LogP contribution in [0.1, 0.15) is 149 Å². The number of aryl methyl sites for hydroxylation is 8. The van der Waals surface area contributed by atoms with Crippen molar-refractivity contribution in [1.29, 1.82) is 0 Å². The SMILES string of the molecule is CC(=O)C1(C)CC(C)C(C)C(OC(=O)/C=C/c2ccc(C)c(C)c2)C1.CC(=O)CC(Cc1cc(C)c(C)c(C)c1)Cc1cc(C)c(C)c(C)c1.CC(=O)c1cc(C)c(C)c(C)c1. The van der Waals surface area contributed by atoms with Gasteiger partial charge in [0.15, 0.2) is 5.78 Å². The lowest BCUT2D eigenvalue weighted by molar-refractivity contribution is -0.155. The Labute approximate surface area is 375 Å². The van der Waals surface area contributed by atoms with Gasteiger partial charge in [-0.15, -0.1) is 0 Å². The van der Waals surface area contributed by atoms with Crippen molar-refractivity contribution < 1.29 is 23.9 Å². The minimum Gasteiger partial charge on any atom is -0.459 e. The first kappa shape index (κ1) is 51.5. The molecule has 0 aliphatic heterocycles. The van der Waals surface area contributed by atoms with E-state index in [0.717, 1.165) is 30.4 Å². The van der Waals surface area contributed by atoms with Gasteiger partial charge in [0.05, 0.1) is 0 Å². The molecule has 0 saturated heterocycles. The highest BCUT2D eigenvalue weighted by atomic mass is 16.5. The van der Waals surface area contributed by atoms with Gasteiger partial charge in [0.25, 0.3) is 0 Å². The second-order valence-corrected chi connectivity index (χ2v) is 19.2. The molecule has 0 aromatic heterocycles. The van der Waals surface area contributed by atoms with Crippen LogP contribution in [0, 0.1) is 99.3 Å². The van der Waals surface area contributed by atoms with Gasteiger partial charge in [-0.25, -0.2) is 4.79 Å². The molecule has 0 amide bonds. The Bertz CT molecular complexity index is 2160. The summed E-state index contributed by atoms with van der Waals surface area (Å²) in [7, 11) is 0. The third kappa shape index (κ3) is 14.6. The summed E-state index contributed by atoms with van der Waals surface area (Å²) in [5.74, 6) is 1.23. The summed E-state index contributed by atoms with van der Waals surface area (Å²) in [6.07, 6.45) is 7.11. The number of hydrogen-bond donors (Lipinski definition) is 0. The van der Waals surface area contributed by atoms with Crippen LogP contribution in [0.25, 0.3) is 6.08 Å². The maximum absolute atomic E-state index is 12.3. The molecule has 1 saturated carbocycles. The Morgan fingerprint density at radius 2 is 1.08 bits per heavy atom. The number of carbonyl (C=O) groups excluding carboxylic acids is 4. The van der Waals surface area contributed by atoms with Gasteiger partial charge < -0.3 is 9.53 Å². The zero-order valence-corrected chi connectivity index (χ0v) is 41.2. The fraction of sp³-hybridized carbons (Fsp3) is 0.474. The highest BCUT2D eigenvalue weighted by molar-refractivity contribution is 5.94. The van der Waals surface area contributed by atoms with Gasteiger partial charge in [0, 0.05) is 23.5 Å². The predicted octanol–water partition coefficient (Wildman–Crippen LogP) is 13.6. The highest BCUT2D eigenvalue weighted by Gasteiger charge is 2.44. The van der Waals surface area contributed by atoms with E-state index in [1.165, 1.54) is 78.4 Å². The molecule has 4 atom stereocenters. The van der Waals surface area contributed by atoms with Crippen LogP contribution < -0.4 is 0 Å². The molecule has 1 aliphatic rings. The first-order valence-electron chi connectivity index (χ1n) is 22.5. The molecule has 334 valence electrons. The van der Waals surface area contributed by atoms with Gasteiger partial charge >= 0.3 is 5.97 Å². The zero-order chi connectivity index (χ0) is 46.8. The average Bonchev–Trinajstić information content (AvgIpc) is 3.17. The van der Waals surface area contributed by atoms with Gasteiger partial charge in [-0.3, -0.25) is 9.59 Å². The minimum atomic E-state index is -0.394. The zero-order valence-electron chi connectivity index (χ0n) is 41.2. The molecule has 1 fully saturated rings. The van der Waals surface area contributed by atoms with Gasteiger partial charge in [0.1, 0.15) is 17.7 Å². The van der Waals surface area contributed by atoms with Crippen LogP contribution in [0.5, 0.6) is 0 Å². The van der Waals surface area contributed by atoms with Crippen LogP contribution in [0.3, 0.4) is 0 Å². The molecule has 5 nitrogen and oxygen atoms in total. The van der Waals surface area contributed by atoms with Gasteiger partial charge in [0.2, 0.25) is 0 Å². The van der Waals surface area contributed by atoms with E-state index in [2.05, 4.69) is 106 Å². The average molecular weight is 841 g/mol. The molecular weight excluding hydrogens is 765 g/mol. The van der Waals surface area contributed by atoms with Crippen molar-refractivity contribution in [3.8, 4) is 0 Å². The lowest BCUT2D eigenvalue weighted by Gasteiger charge is -2.43. The summed E-state index contributed by atoms with van der Waals surface area (Å²) >= 11 is 0. The molecule has 0 N–H and O–H groups in total. The molecule has 5 heteroatoms. The second kappa shape index (κ2) is 22.5. The molecule has 0 heterocycles. The van der Waals surface area contributed by atoms with Crippen molar-refractivity contribution in [2.45, 2.75) is 156 Å². The molecule has 5 rings (SSSR count). The molecule has 4 unspecified atom stereocenters. The van der Waals surface area contributed by atoms with E-state index in [9.17, 15) is 19.2 Å². The third-order valence-electron chi connectivity index (χ3n) is 13.9. The molecule has 0 spiro atoms. The van der Waals surface area contributed by atoms with E-state index < -0.39 is 5.41 Å². The molecule has 62 heavy (non-hydrogen) atoms. The number of ketones is 3. The number of hydrogen-bond acceptors (Lipinski definition) is 5. The van der Waals surface area contributed by atoms with Gasteiger partial charge in [-0.1, -0.05) is 63.2 Å². The molecule has 0 radical (unpaired) electrons. The lowest BCUT2D eigenvalue weighted by Crippen LogP contribution is -2.44. The highest BCUT2D eigenvalue weighted by Crippen LogP contribution is 2.44. The van der Waals surface area contributed by atoms with E-state index in [1.807, 2.05) is 45.0 Å². The Morgan fingerprint density at radius 3 is 1.48 bits per heavy atom. The Morgan fingerprint density at radius 1 is 0.629 bits per heavy atom. The normalized spacial score (nSPS) is 18.4. The van der Waals surface area contributed by atoms with Crippen LogP contribution in [-0.2, 0) is 32.0 Å². The molecule has 4 aromatic carbocycles. The van der Waals surface area contributed by atoms with Crippen LogP contribution >= 0.6 is 0 Å². The summed E-state index contributed by atoms with van der Waals surface area (Å²) in [4.78, 5) is 47.2. The largest absolute Gasteiger partial charge is 0.459 e. The summed E-state index contributed by atoms with van der Waals surface area (Å²) in [5, 5.41) is 0. The standard InChI is InChI=1S/C24H32O.C22H30O3.C11H14O/c1-15-8-22(9-16(2)20(15)6)13-24(12-19(5)25)14-23-10-17(3)21(7)18(4)11-23;1-14-7-8-19(11-15(14)2)9-10-21(24)25-20-13-22(6,18(5)23)12-16(3)17(20)4;1-7-5-11(10(4)12)6-8(2)9(7)3/h8-11,24H,12-14H2,1-7H3;7-11,16-17,20H,12-13H2,1-6H3;5-6H,1-4H3/b;10-9+;. The third-order valence-corrected chi connectivity index (χ3v) is 13.9. The van der Waals surface area contributed by atoms with Crippen molar-refractivity contribution >= 4 is 29.4 Å². The smallest absolute Gasteiger partial charge is 0.331 e. The summed E-state index contributed by atoms with van der Waals surface area (Å²) in [6.45, 7) is 34.5. The van der Waals surface area contributed by atoms with Crippen LogP contribution in [0.4, 0.5) is 0 Å². The fourth-order valence-electron chi connectivity index (χ4n) is 8.65. The van der Waals surface area contributed by atoms with Crippen LogP contribution in [0.2, 0.25) is 0 Å². The summed E-state index contributed by atoms with van der Waals surface area (Å²) in [5.41, 5.74) is 18.3. The number of Topliss-reactive ketones (excluding diaryl/α,β-unsaturated/α-hetero) is 3. The van der Waals surface area contributed by atoms with Crippen LogP contribution in [-0.4, -0.2) is 29.4 Å². The maximum Gasteiger partial charge on any atom is 0.331 e. The predicted molar refractivity (Wildman–Crippen MR) is 259 cm³/mol. The van der Waals surface area contributed by atoms with Gasteiger partial charge in [-0.05, 0) is 236 Å². The van der Waals surface area contributed by atoms with E-state index in [4.69, 9.17) is 4.74 Å². The number of benzene rings is 4. The van der Waals surface area contributed by atoms with E-state index in [-0.39, 0.29) is 35.3 Å². The quantitative estimate of drug-likeness (QED) is 0.0854. The number of ether oxygens (including phenoxy) is 1. The van der Waals surface area contributed by atoms with Crippen molar-refractivity contribution in [3.63, 3.8) is 0 Å².